The van der Waals surface area contributed by atoms with Crippen LogP contribution in [0.5, 0.6) is 0 Å². The highest BCUT2D eigenvalue weighted by Crippen LogP contribution is 2.60. The second-order valence-corrected chi connectivity index (χ2v) is 16.5. The van der Waals surface area contributed by atoms with Gasteiger partial charge in [0, 0.05) is 33.3 Å². The molecule has 0 fully saturated rings. The monoisotopic (exact) mass is 821 g/mol. The number of benzene rings is 10. The maximum atomic E-state index is 15.1. The average Bonchev–Trinajstić information content (AvgIpc) is 3.90. The minimum Gasteiger partial charge on any atom is -0.455 e. The lowest BCUT2D eigenvalue weighted by atomic mass is 9.67. The molecule has 10 aromatic carbocycles. The van der Waals surface area contributed by atoms with Gasteiger partial charge in [-0.25, -0.2) is 4.39 Å². The summed E-state index contributed by atoms with van der Waals surface area (Å²) in [5.74, 6) is -0.272. The van der Waals surface area contributed by atoms with Crippen molar-refractivity contribution in [2.24, 2.45) is 0 Å². The van der Waals surface area contributed by atoms with Crippen LogP contribution in [-0.2, 0) is 5.41 Å². The molecule has 0 N–H and O–H groups in total. The van der Waals surface area contributed by atoms with Gasteiger partial charge in [-0.15, -0.1) is 0 Å². The first-order valence-electron chi connectivity index (χ1n) is 21.8. The summed E-state index contributed by atoms with van der Waals surface area (Å²) in [6.07, 6.45) is 0. The van der Waals surface area contributed by atoms with Gasteiger partial charge in [0.15, 0.2) is 0 Å². The molecule has 2 nitrogen and oxygen atoms in total. The molecule has 1 atom stereocenters. The van der Waals surface area contributed by atoms with E-state index < -0.39 is 5.41 Å². The molecule has 0 bridgehead atoms. The topological polar surface area (TPSA) is 16.4 Å². The Morgan fingerprint density at radius 2 is 0.844 bits per heavy atom. The number of nitrogens with zero attached hydrogens (tertiary/aromatic N) is 1. The molecule has 64 heavy (non-hydrogen) atoms. The number of fused-ring (bicyclic) bond motifs is 6. The number of furan rings is 1. The summed E-state index contributed by atoms with van der Waals surface area (Å²) in [7, 11) is 0. The molecule has 302 valence electrons. The Kier molecular flexibility index (Phi) is 8.94. The summed E-state index contributed by atoms with van der Waals surface area (Å²) < 4.78 is 21.6. The third-order valence-corrected chi connectivity index (χ3v) is 13.1. The van der Waals surface area contributed by atoms with Gasteiger partial charge in [0.1, 0.15) is 17.0 Å². The molecular weight excluding hydrogens is 782 g/mol. The van der Waals surface area contributed by atoms with Gasteiger partial charge in [-0.2, -0.15) is 0 Å². The summed E-state index contributed by atoms with van der Waals surface area (Å²) in [4.78, 5) is 2.39. The first-order chi connectivity index (χ1) is 31.6. The van der Waals surface area contributed by atoms with E-state index in [9.17, 15) is 0 Å². The summed E-state index contributed by atoms with van der Waals surface area (Å²) in [6.45, 7) is 0. The summed E-state index contributed by atoms with van der Waals surface area (Å²) in [5.41, 5.74) is 17.4. The molecule has 1 aromatic heterocycles. The Morgan fingerprint density at radius 3 is 1.50 bits per heavy atom. The zero-order valence-corrected chi connectivity index (χ0v) is 34.8. The molecule has 0 radical (unpaired) electrons. The van der Waals surface area contributed by atoms with E-state index in [0.29, 0.717) is 0 Å². The van der Waals surface area contributed by atoms with Crippen molar-refractivity contribution in [3.63, 3.8) is 0 Å². The average molecular weight is 822 g/mol. The highest BCUT2D eigenvalue weighted by molar-refractivity contribution is 6.09. The molecule has 0 aliphatic heterocycles. The molecular formula is C61H40FNO. The van der Waals surface area contributed by atoms with Crippen LogP contribution in [0.2, 0.25) is 0 Å². The van der Waals surface area contributed by atoms with E-state index in [4.69, 9.17) is 4.42 Å². The molecule has 1 unspecified atom stereocenters. The molecule has 1 aliphatic rings. The number of para-hydroxylation sites is 2. The lowest BCUT2D eigenvalue weighted by Gasteiger charge is -2.38. The zero-order valence-electron chi connectivity index (χ0n) is 34.8. The Labute approximate surface area is 371 Å². The highest BCUT2D eigenvalue weighted by atomic mass is 19.1. The summed E-state index contributed by atoms with van der Waals surface area (Å²) in [6, 6.07) is 84.8. The third kappa shape index (κ3) is 6.00. The van der Waals surface area contributed by atoms with E-state index in [0.717, 1.165) is 94.6 Å². The summed E-state index contributed by atoms with van der Waals surface area (Å²) >= 11 is 0. The highest BCUT2D eigenvalue weighted by Gasteiger charge is 2.48. The van der Waals surface area contributed by atoms with Crippen LogP contribution in [-0.4, -0.2) is 0 Å². The van der Waals surface area contributed by atoms with E-state index in [2.05, 4.69) is 211 Å². The first-order valence-corrected chi connectivity index (χ1v) is 21.8. The number of rotatable bonds is 8. The van der Waals surface area contributed by atoms with E-state index >= 15 is 4.39 Å². The lowest BCUT2D eigenvalue weighted by Crippen LogP contribution is -2.30. The molecule has 0 amide bonds. The van der Waals surface area contributed by atoms with E-state index in [1.807, 2.05) is 24.3 Å². The van der Waals surface area contributed by atoms with Crippen LogP contribution >= 0.6 is 0 Å². The fourth-order valence-electron chi connectivity index (χ4n) is 10.2. The standard InChI is InChI=1S/C61H40FNO/c62-48-35-33-47(34-36-48)61(46-31-25-45(26-32-46)51-19-11-21-55-53-18-8-10-24-58(53)64-60(51)55)56-22-9-7-17-52(56)54-20-12-23-57(59(54)61)63(49-37-27-43(28-38-49)41-13-3-1-4-14-41)50-39-29-44(30-40-50)42-15-5-2-6-16-42/h1-40H. The third-order valence-electron chi connectivity index (χ3n) is 13.1. The maximum absolute atomic E-state index is 15.1. The van der Waals surface area contributed by atoms with Crippen molar-refractivity contribution in [3.05, 3.63) is 271 Å². The molecule has 12 rings (SSSR count). The Hall–Kier alpha value is -8.27. The molecule has 3 heteroatoms. The van der Waals surface area contributed by atoms with Gasteiger partial charge in [0.05, 0.1) is 11.1 Å². The van der Waals surface area contributed by atoms with Crippen molar-refractivity contribution in [2.45, 2.75) is 5.41 Å². The predicted molar refractivity (Wildman–Crippen MR) is 262 cm³/mol. The van der Waals surface area contributed by atoms with Gasteiger partial charge in [0.25, 0.3) is 0 Å². The molecule has 0 spiro atoms. The Balaban J connectivity index is 1.09. The Bertz CT molecular complexity index is 3380. The van der Waals surface area contributed by atoms with E-state index in [1.165, 1.54) is 11.1 Å². The predicted octanol–water partition coefficient (Wildman–Crippen LogP) is 16.6. The van der Waals surface area contributed by atoms with Gasteiger partial charge < -0.3 is 9.32 Å². The lowest BCUT2D eigenvalue weighted by molar-refractivity contribution is 0.625. The largest absolute Gasteiger partial charge is 0.455 e. The first kappa shape index (κ1) is 37.5. The van der Waals surface area contributed by atoms with Crippen LogP contribution in [0, 0.1) is 5.82 Å². The minimum atomic E-state index is -0.827. The van der Waals surface area contributed by atoms with Gasteiger partial charge in [-0.1, -0.05) is 194 Å². The van der Waals surface area contributed by atoms with Crippen molar-refractivity contribution in [1.82, 2.24) is 0 Å². The van der Waals surface area contributed by atoms with Crippen molar-refractivity contribution in [2.75, 3.05) is 4.90 Å². The Morgan fingerprint density at radius 1 is 0.359 bits per heavy atom. The number of hydrogen-bond acceptors (Lipinski definition) is 2. The smallest absolute Gasteiger partial charge is 0.143 e. The normalized spacial score (nSPS) is 14.1. The minimum absolute atomic E-state index is 0.272. The number of hydrogen-bond donors (Lipinski definition) is 0. The summed E-state index contributed by atoms with van der Waals surface area (Å²) in [5, 5.41) is 2.20. The molecule has 0 saturated carbocycles. The van der Waals surface area contributed by atoms with Gasteiger partial charge in [0.2, 0.25) is 0 Å². The fourth-order valence-corrected chi connectivity index (χ4v) is 10.2. The SMILES string of the molecule is Fc1ccc(C2(c3ccc(-c4cccc5c4oc4ccccc45)cc3)c3ccccc3-c3cccc(N(c4ccc(-c5ccccc5)cc4)c4ccc(-c5ccccc5)cc4)c32)cc1. The molecule has 11 aromatic rings. The number of anilines is 3. The van der Waals surface area contributed by atoms with E-state index in [1.54, 1.807) is 12.1 Å². The van der Waals surface area contributed by atoms with Crippen LogP contribution in [0.3, 0.4) is 0 Å². The van der Waals surface area contributed by atoms with Gasteiger partial charge >= 0.3 is 0 Å². The quantitative estimate of drug-likeness (QED) is 0.152. The van der Waals surface area contributed by atoms with Crippen molar-refractivity contribution in [1.29, 1.82) is 0 Å². The van der Waals surface area contributed by atoms with Crippen LogP contribution in [0.15, 0.2) is 247 Å². The molecule has 1 heterocycles. The van der Waals surface area contributed by atoms with Crippen LogP contribution in [0.4, 0.5) is 21.5 Å². The number of halogens is 1. The maximum Gasteiger partial charge on any atom is 0.143 e. The van der Waals surface area contributed by atoms with Crippen LogP contribution in [0.25, 0.3) is 66.4 Å². The second-order valence-electron chi connectivity index (χ2n) is 16.5. The van der Waals surface area contributed by atoms with Crippen molar-refractivity contribution >= 4 is 39.0 Å². The molecule has 0 saturated heterocycles. The van der Waals surface area contributed by atoms with Crippen molar-refractivity contribution in [3.8, 4) is 44.5 Å². The van der Waals surface area contributed by atoms with Crippen LogP contribution in [0.1, 0.15) is 22.3 Å². The fraction of sp³-hybridized carbons (Fsp3) is 0.0164. The van der Waals surface area contributed by atoms with Crippen LogP contribution < -0.4 is 4.90 Å². The van der Waals surface area contributed by atoms with Crippen molar-refractivity contribution < 1.29 is 8.81 Å². The van der Waals surface area contributed by atoms with Gasteiger partial charge in [-0.05, 0) is 104 Å². The van der Waals surface area contributed by atoms with Gasteiger partial charge in [-0.3, -0.25) is 0 Å². The second kappa shape index (κ2) is 15.3. The molecule has 1 aliphatic carbocycles. The zero-order chi connectivity index (χ0) is 42.6. The van der Waals surface area contributed by atoms with E-state index in [-0.39, 0.29) is 5.82 Å².